The van der Waals surface area contributed by atoms with E-state index in [4.69, 9.17) is 0 Å². The Morgan fingerprint density at radius 1 is 1.61 bits per heavy atom. The molecule has 5 heteroatoms. The second kappa shape index (κ2) is 5.97. The quantitative estimate of drug-likeness (QED) is 0.926. The van der Waals surface area contributed by atoms with Gasteiger partial charge in [0.05, 0.1) is 0 Å². The second-order valence-electron chi connectivity index (χ2n) is 5.01. The molecule has 3 nitrogen and oxygen atoms in total. The molecule has 1 aliphatic rings. The average molecular weight is 316 g/mol. The summed E-state index contributed by atoms with van der Waals surface area (Å²) in [7, 11) is 0. The normalized spacial score (nSPS) is 19.8. The van der Waals surface area contributed by atoms with Gasteiger partial charge in [0.1, 0.15) is 0 Å². The van der Waals surface area contributed by atoms with Gasteiger partial charge in [0, 0.05) is 35.8 Å². The number of pyridine rings is 1. The van der Waals surface area contributed by atoms with E-state index >= 15 is 0 Å². The van der Waals surface area contributed by atoms with Crippen molar-refractivity contribution < 1.29 is 4.39 Å². The van der Waals surface area contributed by atoms with Gasteiger partial charge in [0.25, 0.3) is 0 Å². The van der Waals surface area contributed by atoms with E-state index < -0.39 is 0 Å². The van der Waals surface area contributed by atoms with Crippen molar-refractivity contribution in [1.29, 1.82) is 0 Å². The van der Waals surface area contributed by atoms with E-state index in [1.165, 1.54) is 6.07 Å². The Labute approximate surface area is 116 Å². The molecule has 0 amide bonds. The average Bonchev–Trinajstić information content (AvgIpc) is 2.74. The molecule has 0 saturated carbocycles. The summed E-state index contributed by atoms with van der Waals surface area (Å²) in [5.41, 5.74) is 0. The summed E-state index contributed by atoms with van der Waals surface area (Å²) in [6.45, 7) is 6.01. The lowest BCUT2D eigenvalue weighted by atomic mass is 10.2. The van der Waals surface area contributed by atoms with Crippen molar-refractivity contribution in [2.24, 2.45) is 0 Å². The van der Waals surface area contributed by atoms with Gasteiger partial charge >= 0.3 is 0 Å². The summed E-state index contributed by atoms with van der Waals surface area (Å²) >= 11 is 3.24. The first-order chi connectivity index (χ1) is 8.58. The van der Waals surface area contributed by atoms with Crippen LogP contribution in [0.5, 0.6) is 0 Å². The van der Waals surface area contributed by atoms with Gasteiger partial charge in [-0.05, 0) is 34.8 Å². The summed E-state index contributed by atoms with van der Waals surface area (Å²) in [5.74, 6) is 0.229. The molecule has 0 bridgehead atoms. The molecule has 1 aromatic heterocycles. The van der Waals surface area contributed by atoms with Crippen LogP contribution in [-0.2, 0) is 0 Å². The van der Waals surface area contributed by atoms with E-state index in [1.54, 1.807) is 6.20 Å². The van der Waals surface area contributed by atoms with E-state index in [0.717, 1.165) is 25.9 Å². The molecule has 2 rings (SSSR count). The highest BCUT2D eigenvalue weighted by atomic mass is 79.9. The maximum atomic E-state index is 13.9. The van der Waals surface area contributed by atoms with Crippen molar-refractivity contribution in [2.75, 3.05) is 18.0 Å². The van der Waals surface area contributed by atoms with Crippen molar-refractivity contribution in [2.45, 2.75) is 38.8 Å². The van der Waals surface area contributed by atoms with Crippen LogP contribution >= 0.6 is 15.9 Å². The van der Waals surface area contributed by atoms with Gasteiger partial charge in [-0.2, -0.15) is 0 Å². The van der Waals surface area contributed by atoms with Crippen LogP contribution in [0, 0.1) is 5.82 Å². The summed E-state index contributed by atoms with van der Waals surface area (Å²) < 4.78 is 14.6. The van der Waals surface area contributed by atoms with Crippen molar-refractivity contribution in [3.05, 3.63) is 22.6 Å². The fraction of sp³-hybridized carbons (Fsp3) is 0.615. The number of rotatable bonds is 4. The van der Waals surface area contributed by atoms with Crippen LogP contribution < -0.4 is 10.2 Å². The highest BCUT2D eigenvalue weighted by molar-refractivity contribution is 9.10. The number of anilines is 1. The van der Waals surface area contributed by atoms with Gasteiger partial charge in [0.15, 0.2) is 11.6 Å². The molecule has 0 spiro atoms. The Kier molecular flexibility index (Phi) is 4.56. The Bertz CT molecular complexity index is 411. The zero-order chi connectivity index (χ0) is 13.1. The Morgan fingerprint density at radius 2 is 2.39 bits per heavy atom. The van der Waals surface area contributed by atoms with Gasteiger partial charge in [-0.3, -0.25) is 0 Å². The van der Waals surface area contributed by atoms with Gasteiger partial charge in [-0.1, -0.05) is 13.8 Å². The Morgan fingerprint density at radius 3 is 3.06 bits per heavy atom. The lowest BCUT2D eigenvalue weighted by Crippen LogP contribution is -2.41. The van der Waals surface area contributed by atoms with Crippen LogP contribution in [0.3, 0.4) is 0 Å². The fourth-order valence-electron chi connectivity index (χ4n) is 2.32. The predicted molar refractivity (Wildman–Crippen MR) is 75.4 cm³/mol. The third-order valence-electron chi connectivity index (χ3n) is 3.20. The zero-order valence-corrected chi connectivity index (χ0v) is 12.4. The molecule has 1 atom stereocenters. The monoisotopic (exact) mass is 315 g/mol. The van der Waals surface area contributed by atoms with Gasteiger partial charge in [-0.15, -0.1) is 0 Å². The van der Waals surface area contributed by atoms with E-state index in [-0.39, 0.29) is 5.82 Å². The zero-order valence-electron chi connectivity index (χ0n) is 10.8. The lowest BCUT2D eigenvalue weighted by molar-refractivity contribution is 0.516. The standard InChI is InChI=1S/C13H19BrFN3/c1-9(2)16-8-11-4-3-5-18(11)13-12(15)6-10(14)7-17-13/h6-7,9,11,16H,3-5,8H2,1-2H3. The van der Waals surface area contributed by atoms with Crippen LogP contribution in [0.15, 0.2) is 16.7 Å². The SMILES string of the molecule is CC(C)NCC1CCCN1c1ncc(Br)cc1F. The molecule has 0 aliphatic carbocycles. The Balaban J connectivity index is 2.10. The highest BCUT2D eigenvalue weighted by Gasteiger charge is 2.27. The smallest absolute Gasteiger partial charge is 0.166 e. The lowest BCUT2D eigenvalue weighted by Gasteiger charge is -2.27. The first-order valence-corrected chi connectivity index (χ1v) is 7.18. The van der Waals surface area contributed by atoms with E-state index in [1.807, 2.05) is 0 Å². The van der Waals surface area contributed by atoms with Crippen molar-refractivity contribution >= 4 is 21.7 Å². The molecule has 1 unspecified atom stereocenters. The molecule has 1 aliphatic heterocycles. The summed E-state index contributed by atoms with van der Waals surface area (Å²) in [5, 5.41) is 3.42. The summed E-state index contributed by atoms with van der Waals surface area (Å²) in [4.78, 5) is 6.29. The molecule has 1 saturated heterocycles. The molecule has 1 N–H and O–H groups in total. The molecule has 1 aromatic rings. The van der Waals surface area contributed by atoms with Crippen molar-refractivity contribution in [3.8, 4) is 0 Å². The van der Waals surface area contributed by atoms with Crippen molar-refractivity contribution in [1.82, 2.24) is 10.3 Å². The first-order valence-electron chi connectivity index (χ1n) is 6.39. The van der Waals surface area contributed by atoms with Crippen LogP contribution in [0.4, 0.5) is 10.2 Å². The van der Waals surface area contributed by atoms with Crippen LogP contribution in [0.25, 0.3) is 0 Å². The number of aromatic nitrogens is 1. The molecular formula is C13H19BrFN3. The van der Waals surface area contributed by atoms with Gasteiger partial charge in [-0.25, -0.2) is 9.37 Å². The molecule has 0 aromatic carbocycles. The van der Waals surface area contributed by atoms with Gasteiger partial charge < -0.3 is 10.2 Å². The first kappa shape index (κ1) is 13.7. The number of hydrogen-bond acceptors (Lipinski definition) is 3. The van der Waals surface area contributed by atoms with E-state index in [9.17, 15) is 4.39 Å². The third kappa shape index (κ3) is 3.20. The highest BCUT2D eigenvalue weighted by Crippen LogP contribution is 2.27. The minimum Gasteiger partial charge on any atom is -0.350 e. The van der Waals surface area contributed by atoms with Gasteiger partial charge in [0.2, 0.25) is 0 Å². The third-order valence-corrected chi connectivity index (χ3v) is 3.63. The largest absolute Gasteiger partial charge is 0.350 e. The molecular weight excluding hydrogens is 297 g/mol. The van der Waals surface area contributed by atoms with E-state index in [2.05, 4.69) is 45.0 Å². The van der Waals surface area contributed by atoms with Crippen LogP contribution in [0.1, 0.15) is 26.7 Å². The minimum atomic E-state index is -0.249. The topological polar surface area (TPSA) is 28.2 Å². The van der Waals surface area contributed by atoms with E-state index in [0.29, 0.717) is 22.4 Å². The minimum absolute atomic E-state index is 0.249. The predicted octanol–water partition coefficient (Wildman–Crippen LogP) is 2.95. The van der Waals surface area contributed by atoms with Crippen LogP contribution in [0.2, 0.25) is 0 Å². The molecule has 2 heterocycles. The second-order valence-corrected chi connectivity index (χ2v) is 5.93. The summed E-state index contributed by atoms with van der Waals surface area (Å²) in [6.07, 6.45) is 3.85. The maximum absolute atomic E-state index is 13.9. The van der Waals surface area contributed by atoms with Crippen molar-refractivity contribution in [3.63, 3.8) is 0 Å². The fourth-order valence-corrected chi connectivity index (χ4v) is 2.62. The molecule has 0 radical (unpaired) electrons. The molecule has 18 heavy (non-hydrogen) atoms. The number of nitrogens with zero attached hydrogens (tertiary/aromatic N) is 2. The van der Waals surface area contributed by atoms with Crippen LogP contribution in [-0.4, -0.2) is 30.2 Å². The Hall–Kier alpha value is -0.680. The number of halogens is 2. The summed E-state index contributed by atoms with van der Waals surface area (Å²) in [6, 6.07) is 2.28. The maximum Gasteiger partial charge on any atom is 0.166 e. The molecule has 100 valence electrons. The molecule has 1 fully saturated rings. The number of hydrogen-bond donors (Lipinski definition) is 1. The number of nitrogens with one attached hydrogen (secondary N) is 1.